The minimum absolute atomic E-state index is 0.129. The maximum absolute atomic E-state index is 10.8. The predicted molar refractivity (Wildman–Crippen MR) is 65.0 cm³/mol. The van der Waals surface area contributed by atoms with Crippen molar-refractivity contribution in [2.24, 2.45) is 5.92 Å². The summed E-state index contributed by atoms with van der Waals surface area (Å²) in [5, 5.41) is 8.88. The molecule has 4 nitrogen and oxygen atoms in total. The molecule has 0 amide bonds. The van der Waals surface area contributed by atoms with Crippen molar-refractivity contribution in [3.05, 3.63) is 0 Å². The monoisotopic (exact) mass is 241 g/mol. The van der Waals surface area contributed by atoms with E-state index in [-0.39, 0.29) is 6.10 Å². The third-order valence-corrected chi connectivity index (χ3v) is 3.95. The SMILES string of the molecule is CC1CCCN(CC2CCC(C(=O)O)O2)CC1. The molecule has 0 aromatic carbocycles. The topological polar surface area (TPSA) is 49.8 Å². The molecule has 2 aliphatic heterocycles. The summed E-state index contributed by atoms with van der Waals surface area (Å²) in [5.74, 6) is 0.0215. The summed E-state index contributed by atoms with van der Waals surface area (Å²) in [6.07, 6.45) is 4.97. The lowest BCUT2D eigenvalue weighted by Gasteiger charge is -2.23. The zero-order valence-corrected chi connectivity index (χ0v) is 10.6. The molecule has 0 aliphatic carbocycles. The number of rotatable bonds is 3. The normalized spacial score (nSPS) is 35.7. The first-order chi connectivity index (χ1) is 8.15. The number of carbonyl (C=O) groups is 1. The quantitative estimate of drug-likeness (QED) is 0.817. The van der Waals surface area contributed by atoms with Crippen molar-refractivity contribution >= 4 is 5.97 Å². The molecule has 0 bridgehead atoms. The molecular formula is C13H23NO3. The fourth-order valence-electron chi connectivity index (χ4n) is 2.81. The molecule has 0 radical (unpaired) electrons. The van der Waals surface area contributed by atoms with Crippen LogP contribution in [0.15, 0.2) is 0 Å². The maximum atomic E-state index is 10.8. The van der Waals surface area contributed by atoms with E-state index in [9.17, 15) is 4.79 Å². The summed E-state index contributed by atoms with van der Waals surface area (Å²) < 4.78 is 5.55. The summed E-state index contributed by atoms with van der Waals surface area (Å²) >= 11 is 0. The van der Waals surface area contributed by atoms with E-state index in [4.69, 9.17) is 9.84 Å². The number of likely N-dealkylation sites (tertiary alicyclic amines) is 1. The van der Waals surface area contributed by atoms with Gasteiger partial charge in [0.15, 0.2) is 6.10 Å². The highest BCUT2D eigenvalue weighted by Crippen LogP contribution is 2.23. The summed E-state index contributed by atoms with van der Waals surface area (Å²) in [6.45, 7) is 5.51. The van der Waals surface area contributed by atoms with E-state index >= 15 is 0 Å². The molecule has 0 aromatic heterocycles. The number of hydrogen-bond donors (Lipinski definition) is 1. The van der Waals surface area contributed by atoms with Crippen LogP contribution in [-0.4, -0.2) is 47.8 Å². The molecular weight excluding hydrogens is 218 g/mol. The lowest BCUT2D eigenvalue weighted by Crippen LogP contribution is -2.34. The standard InChI is InChI=1S/C13H23NO3/c1-10-3-2-7-14(8-6-10)9-11-4-5-12(17-11)13(15)16/h10-12H,2-9H2,1H3,(H,15,16). The Kier molecular flexibility index (Phi) is 4.40. The molecule has 0 spiro atoms. The second-order valence-electron chi connectivity index (χ2n) is 5.50. The van der Waals surface area contributed by atoms with E-state index in [2.05, 4.69) is 11.8 Å². The summed E-state index contributed by atoms with van der Waals surface area (Å²) in [5.41, 5.74) is 0. The second-order valence-corrected chi connectivity index (χ2v) is 5.50. The van der Waals surface area contributed by atoms with Crippen molar-refractivity contribution in [1.82, 2.24) is 4.90 Å². The molecule has 2 fully saturated rings. The van der Waals surface area contributed by atoms with E-state index in [1.807, 2.05) is 0 Å². The Hall–Kier alpha value is -0.610. The van der Waals surface area contributed by atoms with Crippen molar-refractivity contribution in [1.29, 1.82) is 0 Å². The molecule has 2 heterocycles. The fraction of sp³-hybridized carbons (Fsp3) is 0.923. The minimum atomic E-state index is -0.808. The highest BCUT2D eigenvalue weighted by molar-refractivity contribution is 5.72. The van der Waals surface area contributed by atoms with Crippen molar-refractivity contribution in [3.8, 4) is 0 Å². The van der Waals surface area contributed by atoms with E-state index < -0.39 is 12.1 Å². The van der Waals surface area contributed by atoms with Gasteiger partial charge in [-0.15, -0.1) is 0 Å². The second kappa shape index (κ2) is 5.83. The van der Waals surface area contributed by atoms with Crippen molar-refractivity contribution in [3.63, 3.8) is 0 Å². The molecule has 1 N–H and O–H groups in total. The molecule has 4 heteroatoms. The van der Waals surface area contributed by atoms with Gasteiger partial charge in [-0.1, -0.05) is 6.92 Å². The van der Waals surface area contributed by atoms with Gasteiger partial charge in [0.05, 0.1) is 6.10 Å². The molecule has 2 saturated heterocycles. The number of hydrogen-bond acceptors (Lipinski definition) is 3. The van der Waals surface area contributed by atoms with Crippen LogP contribution in [0.3, 0.4) is 0 Å². The van der Waals surface area contributed by atoms with E-state index in [1.54, 1.807) is 0 Å². The van der Waals surface area contributed by atoms with E-state index in [1.165, 1.54) is 19.3 Å². The third kappa shape index (κ3) is 3.68. The average molecular weight is 241 g/mol. The summed E-state index contributed by atoms with van der Waals surface area (Å²) in [7, 11) is 0. The van der Waals surface area contributed by atoms with Crippen LogP contribution in [0.1, 0.15) is 39.0 Å². The van der Waals surface area contributed by atoms with Crippen LogP contribution in [0, 0.1) is 5.92 Å². The van der Waals surface area contributed by atoms with Gasteiger partial charge >= 0.3 is 5.97 Å². The number of nitrogens with zero attached hydrogens (tertiary/aromatic N) is 1. The molecule has 3 atom stereocenters. The lowest BCUT2D eigenvalue weighted by molar-refractivity contribution is -0.149. The van der Waals surface area contributed by atoms with Crippen LogP contribution in [0.4, 0.5) is 0 Å². The maximum Gasteiger partial charge on any atom is 0.332 e. The van der Waals surface area contributed by atoms with E-state index in [0.717, 1.165) is 32.0 Å². The van der Waals surface area contributed by atoms with Gasteiger partial charge < -0.3 is 14.7 Å². The lowest BCUT2D eigenvalue weighted by atomic mass is 10.0. The highest BCUT2D eigenvalue weighted by atomic mass is 16.5. The van der Waals surface area contributed by atoms with Gasteiger partial charge in [0.2, 0.25) is 0 Å². The molecule has 2 aliphatic rings. The zero-order valence-electron chi connectivity index (χ0n) is 10.6. The van der Waals surface area contributed by atoms with Gasteiger partial charge in [0.1, 0.15) is 0 Å². The van der Waals surface area contributed by atoms with Gasteiger partial charge in [0.25, 0.3) is 0 Å². The van der Waals surface area contributed by atoms with Crippen LogP contribution in [-0.2, 0) is 9.53 Å². The molecule has 3 unspecified atom stereocenters. The Morgan fingerprint density at radius 1 is 1.29 bits per heavy atom. The van der Waals surface area contributed by atoms with Crippen LogP contribution >= 0.6 is 0 Å². The first-order valence-corrected chi connectivity index (χ1v) is 6.76. The number of carboxylic acids is 1. The summed E-state index contributed by atoms with van der Waals surface area (Å²) in [6, 6.07) is 0. The number of aliphatic carboxylic acids is 1. The van der Waals surface area contributed by atoms with Gasteiger partial charge in [0, 0.05) is 6.54 Å². The van der Waals surface area contributed by atoms with E-state index in [0.29, 0.717) is 6.42 Å². The van der Waals surface area contributed by atoms with Crippen LogP contribution < -0.4 is 0 Å². The molecule has 0 aromatic rings. The largest absolute Gasteiger partial charge is 0.479 e. The molecule has 2 rings (SSSR count). The number of ether oxygens (including phenoxy) is 1. The minimum Gasteiger partial charge on any atom is -0.479 e. The van der Waals surface area contributed by atoms with Crippen LogP contribution in [0.2, 0.25) is 0 Å². The van der Waals surface area contributed by atoms with Crippen molar-refractivity contribution in [2.75, 3.05) is 19.6 Å². The smallest absolute Gasteiger partial charge is 0.332 e. The Morgan fingerprint density at radius 3 is 2.82 bits per heavy atom. The molecule has 98 valence electrons. The third-order valence-electron chi connectivity index (χ3n) is 3.95. The van der Waals surface area contributed by atoms with Gasteiger partial charge in [-0.3, -0.25) is 0 Å². The molecule has 0 saturated carbocycles. The van der Waals surface area contributed by atoms with Crippen molar-refractivity contribution < 1.29 is 14.6 Å². The van der Waals surface area contributed by atoms with Gasteiger partial charge in [-0.25, -0.2) is 4.79 Å². The fourth-order valence-corrected chi connectivity index (χ4v) is 2.81. The number of carboxylic acid groups (broad SMARTS) is 1. The summed E-state index contributed by atoms with van der Waals surface area (Å²) in [4.78, 5) is 13.2. The molecule has 17 heavy (non-hydrogen) atoms. The zero-order chi connectivity index (χ0) is 12.3. The Balaban J connectivity index is 1.76. The van der Waals surface area contributed by atoms with Crippen LogP contribution in [0.25, 0.3) is 0 Å². The van der Waals surface area contributed by atoms with Crippen LogP contribution in [0.5, 0.6) is 0 Å². The highest BCUT2D eigenvalue weighted by Gasteiger charge is 2.31. The average Bonchev–Trinajstić information content (AvgIpc) is 2.65. The predicted octanol–water partition coefficient (Wildman–Crippen LogP) is 1.74. The Morgan fingerprint density at radius 2 is 2.12 bits per heavy atom. The van der Waals surface area contributed by atoms with Crippen molar-refractivity contribution in [2.45, 2.75) is 51.2 Å². The Bertz CT molecular complexity index is 269. The van der Waals surface area contributed by atoms with Gasteiger partial charge in [-0.05, 0) is 51.1 Å². The first kappa shape index (κ1) is 12.8. The Labute approximate surface area is 103 Å². The van der Waals surface area contributed by atoms with Gasteiger partial charge in [-0.2, -0.15) is 0 Å². The first-order valence-electron chi connectivity index (χ1n) is 6.76.